The SMILES string of the molecule is CC(C)(C)OC(=O)NCc1cc(C(=O)NCCSSCCC(=O)O)sc1Cl. The van der Waals surface area contributed by atoms with Crippen LogP contribution in [-0.4, -0.2) is 46.7 Å². The quantitative estimate of drug-likeness (QED) is 0.362. The van der Waals surface area contributed by atoms with E-state index in [-0.39, 0.29) is 18.9 Å². The maximum absolute atomic E-state index is 12.1. The number of carboxylic acids is 1. The minimum absolute atomic E-state index is 0.123. The number of carboxylic acid groups (broad SMARTS) is 1. The lowest BCUT2D eigenvalue weighted by molar-refractivity contribution is -0.136. The van der Waals surface area contributed by atoms with Crippen LogP contribution in [0.5, 0.6) is 0 Å². The summed E-state index contributed by atoms with van der Waals surface area (Å²) in [5.74, 6) is 0.148. The molecule has 0 aromatic carbocycles. The smallest absolute Gasteiger partial charge is 0.407 e. The Balaban J connectivity index is 2.35. The van der Waals surface area contributed by atoms with E-state index in [0.29, 0.717) is 32.8 Å². The van der Waals surface area contributed by atoms with Crippen LogP contribution in [0.4, 0.5) is 4.79 Å². The van der Waals surface area contributed by atoms with Crippen molar-refractivity contribution in [2.45, 2.75) is 39.3 Å². The van der Waals surface area contributed by atoms with Crippen molar-refractivity contribution in [3.8, 4) is 0 Å². The Labute approximate surface area is 175 Å². The second-order valence-electron chi connectivity index (χ2n) is 6.31. The molecule has 0 fully saturated rings. The zero-order valence-corrected chi connectivity index (χ0v) is 18.5. The van der Waals surface area contributed by atoms with E-state index in [1.165, 1.54) is 21.6 Å². The molecule has 3 N–H and O–H groups in total. The summed E-state index contributed by atoms with van der Waals surface area (Å²) >= 11 is 7.29. The van der Waals surface area contributed by atoms with Crippen molar-refractivity contribution in [1.82, 2.24) is 10.6 Å². The van der Waals surface area contributed by atoms with Crippen LogP contribution in [0.2, 0.25) is 4.34 Å². The number of nitrogens with one attached hydrogen (secondary N) is 2. The molecule has 0 radical (unpaired) electrons. The fourth-order valence-corrected chi connectivity index (χ4v) is 4.74. The summed E-state index contributed by atoms with van der Waals surface area (Å²) in [5, 5.41) is 13.9. The van der Waals surface area contributed by atoms with Crippen LogP contribution in [0.15, 0.2) is 6.07 Å². The number of halogens is 1. The molecule has 0 aliphatic carbocycles. The number of aliphatic carboxylic acids is 1. The van der Waals surface area contributed by atoms with Crippen LogP contribution < -0.4 is 10.6 Å². The fraction of sp³-hybridized carbons (Fsp3) is 0.562. The van der Waals surface area contributed by atoms with Gasteiger partial charge in [0, 0.05) is 30.2 Å². The predicted molar refractivity (Wildman–Crippen MR) is 112 cm³/mol. The van der Waals surface area contributed by atoms with E-state index in [1.54, 1.807) is 26.8 Å². The molecule has 0 unspecified atom stereocenters. The van der Waals surface area contributed by atoms with E-state index in [4.69, 9.17) is 21.4 Å². The summed E-state index contributed by atoms with van der Waals surface area (Å²) < 4.78 is 5.59. The Morgan fingerprint density at radius 1 is 1.22 bits per heavy atom. The average molecular weight is 455 g/mol. The van der Waals surface area contributed by atoms with Gasteiger partial charge in [0.15, 0.2) is 0 Å². The Kier molecular flexibility index (Phi) is 10.4. The molecule has 0 atom stereocenters. The molecule has 0 bridgehead atoms. The lowest BCUT2D eigenvalue weighted by Gasteiger charge is -2.19. The van der Waals surface area contributed by atoms with Gasteiger partial charge in [-0.2, -0.15) is 0 Å². The molecular formula is C16H23ClN2O5S3. The molecule has 1 aromatic heterocycles. The largest absolute Gasteiger partial charge is 0.481 e. The molecule has 1 rings (SSSR count). The number of amides is 2. The molecule has 0 saturated carbocycles. The van der Waals surface area contributed by atoms with E-state index in [2.05, 4.69) is 10.6 Å². The second kappa shape index (κ2) is 11.7. The highest BCUT2D eigenvalue weighted by atomic mass is 35.5. The molecule has 152 valence electrons. The number of carbonyl (C=O) groups excluding carboxylic acids is 2. The van der Waals surface area contributed by atoms with Crippen LogP contribution in [0.3, 0.4) is 0 Å². The zero-order valence-electron chi connectivity index (χ0n) is 15.3. The minimum Gasteiger partial charge on any atom is -0.481 e. The van der Waals surface area contributed by atoms with Gasteiger partial charge < -0.3 is 20.5 Å². The van der Waals surface area contributed by atoms with Crippen LogP contribution in [0, 0.1) is 0 Å². The topological polar surface area (TPSA) is 105 Å². The highest BCUT2D eigenvalue weighted by Gasteiger charge is 2.18. The van der Waals surface area contributed by atoms with Crippen molar-refractivity contribution in [3.63, 3.8) is 0 Å². The molecule has 2 amide bonds. The maximum Gasteiger partial charge on any atom is 0.407 e. The van der Waals surface area contributed by atoms with Gasteiger partial charge in [-0.25, -0.2) is 4.79 Å². The predicted octanol–water partition coefficient (Wildman–Crippen LogP) is 4.01. The first-order valence-corrected chi connectivity index (χ1v) is 11.8. The molecule has 7 nitrogen and oxygen atoms in total. The van der Waals surface area contributed by atoms with Crippen molar-refractivity contribution in [2.24, 2.45) is 0 Å². The zero-order chi connectivity index (χ0) is 20.4. The molecular weight excluding hydrogens is 432 g/mol. The standard InChI is InChI=1S/C16H23ClN2O5S3/c1-16(2,3)24-15(23)19-9-10-8-11(27-13(10)17)14(22)18-5-7-26-25-6-4-12(20)21/h8H,4-7,9H2,1-3H3,(H,18,22)(H,19,23)(H,20,21). The number of ether oxygens (including phenoxy) is 1. The number of carbonyl (C=O) groups is 3. The first kappa shape index (κ1) is 23.9. The van der Waals surface area contributed by atoms with Crippen molar-refractivity contribution in [2.75, 3.05) is 18.1 Å². The normalized spacial score (nSPS) is 11.1. The molecule has 0 aliphatic heterocycles. The second-order valence-corrected chi connectivity index (χ2v) is 10.7. The molecule has 27 heavy (non-hydrogen) atoms. The summed E-state index contributed by atoms with van der Waals surface area (Å²) in [4.78, 5) is 34.7. The van der Waals surface area contributed by atoms with Gasteiger partial charge in [-0.1, -0.05) is 33.2 Å². The molecule has 1 aromatic rings. The highest BCUT2D eigenvalue weighted by molar-refractivity contribution is 8.76. The lowest BCUT2D eigenvalue weighted by atomic mass is 10.2. The van der Waals surface area contributed by atoms with Crippen LogP contribution in [-0.2, 0) is 16.1 Å². The third-order valence-corrected chi connectivity index (χ3v) is 6.60. The van der Waals surface area contributed by atoms with Gasteiger partial charge in [0.2, 0.25) is 0 Å². The third kappa shape index (κ3) is 10.7. The van der Waals surface area contributed by atoms with Crippen molar-refractivity contribution >= 4 is 62.5 Å². The number of thiophene rings is 1. The number of hydrogen-bond donors (Lipinski definition) is 3. The number of hydrogen-bond acceptors (Lipinski definition) is 7. The van der Waals surface area contributed by atoms with Crippen LogP contribution in [0.1, 0.15) is 42.4 Å². The van der Waals surface area contributed by atoms with Gasteiger partial charge >= 0.3 is 12.1 Å². The highest BCUT2D eigenvalue weighted by Crippen LogP contribution is 2.28. The van der Waals surface area contributed by atoms with Gasteiger partial charge in [0.05, 0.1) is 15.6 Å². The summed E-state index contributed by atoms with van der Waals surface area (Å²) in [6, 6.07) is 1.65. The van der Waals surface area contributed by atoms with Gasteiger partial charge in [-0.05, 0) is 26.8 Å². The number of alkyl carbamates (subject to hydrolysis) is 1. The van der Waals surface area contributed by atoms with Crippen LogP contribution in [0.25, 0.3) is 0 Å². The Morgan fingerprint density at radius 2 is 1.89 bits per heavy atom. The van der Waals surface area contributed by atoms with Crippen molar-refractivity contribution in [3.05, 3.63) is 20.8 Å². The van der Waals surface area contributed by atoms with E-state index >= 15 is 0 Å². The van der Waals surface area contributed by atoms with E-state index in [1.807, 2.05) is 0 Å². The average Bonchev–Trinajstić information content (AvgIpc) is 2.91. The van der Waals surface area contributed by atoms with Gasteiger partial charge in [-0.3, -0.25) is 9.59 Å². The maximum atomic E-state index is 12.1. The third-order valence-electron chi connectivity index (χ3n) is 2.76. The molecule has 1 heterocycles. The molecule has 11 heteroatoms. The van der Waals surface area contributed by atoms with Crippen molar-refractivity contribution in [1.29, 1.82) is 0 Å². The molecule has 0 saturated heterocycles. The first-order chi connectivity index (χ1) is 12.6. The minimum atomic E-state index is -0.817. The lowest BCUT2D eigenvalue weighted by Crippen LogP contribution is -2.32. The Morgan fingerprint density at radius 3 is 2.52 bits per heavy atom. The Bertz CT molecular complexity index is 661. The van der Waals surface area contributed by atoms with Crippen LogP contribution >= 0.6 is 44.5 Å². The monoisotopic (exact) mass is 454 g/mol. The van der Waals surface area contributed by atoms with Crippen molar-refractivity contribution < 1.29 is 24.2 Å². The van der Waals surface area contributed by atoms with Gasteiger partial charge in [-0.15, -0.1) is 11.3 Å². The van der Waals surface area contributed by atoms with Gasteiger partial charge in [0.25, 0.3) is 5.91 Å². The summed E-state index contributed by atoms with van der Waals surface area (Å²) in [6.07, 6.45) is -0.425. The first-order valence-electron chi connectivity index (χ1n) is 8.08. The Hall–Kier alpha value is -1.10. The van der Waals surface area contributed by atoms with E-state index < -0.39 is 17.7 Å². The summed E-state index contributed by atoms with van der Waals surface area (Å²) in [7, 11) is 2.97. The summed E-state index contributed by atoms with van der Waals surface area (Å²) in [6.45, 7) is 5.96. The summed E-state index contributed by atoms with van der Waals surface area (Å²) in [5.41, 5.74) is 0.0635. The van der Waals surface area contributed by atoms with Gasteiger partial charge in [0.1, 0.15) is 5.60 Å². The van der Waals surface area contributed by atoms with E-state index in [0.717, 1.165) is 11.3 Å². The fourth-order valence-electron chi connectivity index (χ4n) is 1.66. The number of rotatable bonds is 10. The molecule has 0 spiro atoms. The molecule has 0 aliphatic rings. The van der Waals surface area contributed by atoms with E-state index in [9.17, 15) is 14.4 Å².